The third-order valence-electron chi connectivity index (χ3n) is 10.7. The molecule has 0 bridgehead atoms. The minimum Gasteiger partial charge on any atom is -0.452 e. The Labute approximate surface area is 244 Å². The average molecular weight is 587 g/mol. The Morgan fingerprint density at radius 1 is 1.18 bits per heavy atom. The lowest BCUT2D eigenvalue weighted by Crippen LogP contribution is -2.62. The number of halogens is 1. The SMILES string of the molecule is CSCOC(=O)[C@@]1(OCSC)CC[C@H]2[C@@H]3CCC4=Cc5c(cnn5-c5ccc(F)cc5)CC4(C)[C@H]3[C@@H](O)C[C@@]21C. The minimum atomic E-state index is -1.03. The molecule has 3 saturated carbocycles. The van der Waals surface area contributed by atoms with Crippen LogP contribution in [0.3, 0.4) is 0 Å². The first kappa shape index (κ1) is 28.3. The van der Waals surface area contributed by atoms with E-state index in [2.05, 4.69) is 25.0 Å². The molecular formula is C31H39FN2O4S2. The van der Waals surface area contributed by atoms with Crippen LogP contribution in [0, 0.1) is 34.4 Å². The van der Waals surface area contributed by atoms with Crippen LogP contribution in [0.5, 0.6) is 0 Å². The topological polar surface area (TPSA) is 73.6 Å². The van der Waals surface area contributed by atoms with Gasteiger partial charge in [-0.15, -0.1) is 23.5 Å². The molecule has 40 heavy (non-hydrogen) atoms. The highest BCUT2D eigenvalue weighted by Crippen LogP contribution is 2.68. The fraction of sp³-hybridized carbons (Fsp3) is 0.613. The standard InChI is InChI=1S/C31H39FN2O4S2/c1-29-14-19-16-33-34(22-8-6-21(32)7-9-22)25(19)13-20(29)5-10-23-24-11-12-31(38-18-40-4,28(36)37-17-39-3)30(24,2)15-26(35)27(23)29/h6-9,13,16,23-24,26-27,35H,5,10-12,14-15,17-18H2,1-4H3/t23-,24-,26-,27+,29?,30-,31-/m0/s1. The molecule has 1 N–H and O–H groups in total. The van der Waals surface area contributed by atoms with Gasteiger partial charge in [0.1, 0.15) is 11.8 Å². The van der Waals surface area contributed by atoms with Gasteiger partial charge in [-0.05, 0) is 110 Å². The number of thioether (sulfide) groups is 2. The summed E-state index contributed by atoms with van der Waals surface area (Å²) in [6.07, 6.45) is 12.3. The number of fused-ring (bicyclic) bond motifs is 6. The lowest BCUT2D eigenvalue weighted by molar-refractivity contribution is -0.205. The number of benzene rings is 1. The molecule has 216 valence electrons. The van der Waals surface area contributed by atoms with E-state index in [1.807, 2.05) is 23.4 Å². The Bertz CT molecular complexity index is 1310. The van der Waals surface area contributed by atoms with Gasteiger partial charge in [0.2, 0.25) is 0 Å². The number of ether oxygens (including phenoxy) is 2. The van der Waals surface area contributed by atoms with E-state index in [0.717, 1.165) is 42.6 Å². The molecule has 4 aliphatic rings. The Kier molecular flexibility index (Phi) is 7.42. The fourth-order valence-corrected chi connectivity index (χ4v) is 9.52. The summed E-state index contributed by atoms with van der Waals surface area (Å²) in [5, 5.41) is 16.7. The molecule has 0 saturated heterocycles. The van der Waals surface area contributed by atoms with Crippen LogP contribution in [0.15, 0.2) is 36.0 Å². The van der Waals surface area contributed by atoms with E-state index in [1.165, 1.54) is 29.5 Å². The van der Waals surface area contributed by atoms with Crippen molar-refractivity contribution in [3.05, 3.63) is 53.1 Å². The molecule has 2 aromatic rings. The van der Waals surface area contributed by atoms with E-state index < -0.39 is 17.1 Å². The molecule has 6 nitrogen and oxygen atoms in total. The molecule has 1 heterocycles. The number of hydrogen-bond donors (Lipinski definition) is 1. The van der Waals surface area contributed by atoms with Crippen molar-refractivity contribution in [3.63, 3.8) is 0 Å². The lowest BCUT2D eigenvalue weighted by Gasteiger charge is -2.60. The summed E-state index contributed by atoms with van der Waals surface area (Å²) in [6.45, 7) is 4.49. The maximum Gasteiger partial charge on any atom is 0.339 e. The molecule has 0 aliphatic heterocycles. The van der Waals surface area contributed by atoms with E-state index in [1.54, 1.807) is 23.9 Å². The van der Waals surface area contributed by atoms with Crippen molar-refractivity contribution in [1.82, 2.24) is 9.78 Å². The average Bonchev–Trinajstić information content (AvgIpc) is 3.46. The van der Waals surface area contributed by atoms with Crippen molar-refractivity contribution in [2.75, 3.05) is 24.4 Å². The van der Waals surface area contributed by atoms with Crippen LogP contribution in [-0.2, 0) is 20.7 Å². The smallest absolute Gasteiger partial charge is 0.339 e. The van der Waals surface area contributed by atoms with E-state index >= 15 is 0 Å². The van der Waals surface area contributed by atoms with Crippen molar-refractivity contribution >= 4 is 35.6 Å². The van der Waals surface area contributed by atoms with Gasteiger partial charge in [0, 0.05) is 5.41 Å². The molecular weight excluding hydrogens is 547 g/mol. The summed E-state index contributed by atoms with van der Waals surface area (Å²) in [5.41, 5.74) is 2.68. The van der Waals surface area contributed by atoms with Gasteiger partial charge in [0.25, 0.3) is 0 Å². The number of aliphatic hydroxyl groups excluding tert-OH is 1. The number of esters is 1. The van der Waals surface area contributed by atoms with Crippen LogP contribution in [-0.4, -0.2) is 57.0 Å². The van der Waals surface area contributed by atoms with Gasteiger partial charge in [-0.1, -0.05) is 19.4 Å². The van der Waals surface area contributed by atoms with Crippen molar-refractivity contribution in [2.45, 2.75) is 64.1 Å². The molecule has 0 radical (unpaired) electrons. The quantitative estimate of drug-likeness (QED) is 0.310. The van der Waals surface area contributed by atoms with Crippen LogP contribution in [0.25, 0.3) is 11.8 Å². The Morgan fingerprint density at radius 2 is 1.93 bits per heavy atom. The van der Waals surface area contributed by atoms with Crippen LogP contribution in [0.4, 0.5) is 4.39 Å². The molecule has 9 heteroatoms. The fourth-order valence-electron chi connectivity index (χ4n) is 8.98. The predicted octanol–water partition coefficient (Wildman–Crippen LogP) is 6.10. The summed E-state index contributed by atoms with van der Waals surface area (Å²) < 4.78 is 27.6. The van der Waals surface area contributed by atoms with Gasteiger partial charge in [-0.3, -0.25) is 0 Å². The molecule has 1 unspecified atom stereocenters. The highest BCUT2D eigenvalue weighted by atomic mass is 32.2. The first-order chi connectivity index (χ1) is 19.2. The van der Waals surface area contributed by atoms with E-state index in [9.17, 15) is 14.3 Å². The predicted molar refractivity (Wildman–Crippen MR) is 158 cm³/mol. The number of carbonyl (C=O) groups is 1. The zero-order chi connectivity index (χ0) is 28.3. The molecule has 0 spiro atoms. The minimum absolute atomic E-state index is 0.0893. The third kappa shape index (κ3) is 4.13. The second-order valence-corrected chi connectivity index (χ2v) is 14.1. The maximum absolute atomic E-state index is 13.6. The molecule has 6 rings (SSSR count). The van der Waals surface area contributed by atoms with Crippen LogP contribution >= 0.6 is 23.5 Å². The Balaban J connectivity index is 1.33. The van der Waals surface area contributed by atoms with Crippen molar-refractivity contribution in [1.29, 1.82) is 0 Å². The molecule has 0 amide bonds. The van der Waals surface area contributed by atoms with Crippen LogP contribution < -0.4 is 0 Å². The number of nitrogens with zero attached hydrogens (tertiary/aromatic N) is 2. The summed E-state index contributed by atoms with van der Waals surface area (Å²) in [4.78, 5) is 13.6. The van der Waals surface area contributed by atoms with Gasteiger partial charge >= 0.3 is 5.97 Å². The summed E-state index contributed by atoms with van der Waals surface area (Å²) in [5.74, 6) is 0.838. The lowest BCUT2D eigenvalue weighted by atomic mass is 9.45. The van der Waals surface area contributed by atoms with Crippen molar-refractivity contribution < 1.29 is 23.8 Å². The van der Waals surface area contributed by atoms with Crippen molar-refractivity contribution in [2.24, 2.45) is 28.6 Å². The Morgan fingerprint density at radius 3 is 2.65 bits per heavy atom. The summed E-state index contributed by atoms with van der Waals surface area (Å²) in [7, 11) is 0. The van der Waals surface area contributed by atoms with E-state index in [-0.39, 0.29) is 35.0 Å². The molecule has 1 aromatic heterocycles. The highest BCUT2D eigenvalue weighted by Gasteiger charge is 2.70. The number of allylic oxidation sites excluding steroid dienone is 1. The van der Waals surface area contributed by atoms with Crippen molar-refractivity contribution in [3.8, 4) is 5.69 Å². The number of rotatable bonds is 7. The maximum atomic E-state index is 13.6. The van der Waals surface area contributed by atoms with Gasteiger partial charge in [0.15, 0.2) is 5.60 Å². The third-order valence-corrected chi connectivity index (χ3v) is 11.4. The number of hydrogen-bond acceptors (Lipinski definition) is 7. The second-order valence-electron chi connectivity index (χ2n) is 12.5. The number of aliphatic hydroxyl groups is 1. The zero-order valence-corrected chi connectivity index (χ0v) is 25.3. The largest absolute Gasteiger partial charge is 0.452 e. The second kappa shape index (κ2) is 10.5. The number of carbonyl (C=O) groups excluding carboxylic acids is 1. The summed E-state index contributed by atoms with van der Waals surface area (Å²) in [6, 6.07) is 6.44. The number of aromatic nitrogens is 2. The molecule has 4 aliphatic carbocycles. The van der Waals surface area contributed by atoms with E-state index in [4.69, 9.17) is 9.47 Å². The molecule has 1 aromatic carbocycles. The molecule has 3 fully saturated rings. The van der Waals surface area contributed by atoms with Crippen LogP contribution in [0.1, 0.15) is 57.2 Å². The van der Waals surface area contributed by atoms with Gasteiger partial charge in [-0.25, -0.2) is 13.9 Å². The summed E-state index contributed by atoms with van der Waals surface area (Å²) >= 11 is 3.05. The van der Waals surface area contributed by atoms with Crippen LogP contribution in [0.2, 0.25) is 0 Å². The Hall–Kier alpha value is -1.81. The monoisotopic (exact) mass is 586 g/mol. The first-order valence-corrected chi connectivity index (χ1v) is 17.0. The van der Waals surface area contributed by atoms with Gasteiger partial charge < -0.3 is 14.6 Å². The van der Waals surface area contributed by atoms with E-state index in [0.29, 0.717) is 24.7 Å². The zero-order valence-electron chi connectivity index (χ0n) is 23.7. The van der Waals surface area contributed by atoms with Gasteiger partial charge in [0.05, 0.1) is 29.6 Å². The molecule has 7 atom stereocenters. The first-order valence-electron chi connectivity index (χ1n) is 14.2. The van der Waals surface area contributed by atoms with Gasteiger partial charge in [-0.2, -0.15) is 5.10 Å². The normalized spacial score (nSPS) is 36.2. The highest BCUT2D eigenvalue weighted by molar-refractivity contribution is 7.98.